The third kappa shape index (κ3) is 4.82. The molecule has 0 spiro atoms. The summed E-state index contributed by atoms with van der Waals surface area (Å²) >= 11 is 1.89. The van der Waals surface area contributed by atoms with Gasteiger partial charge in [0.25, 0.3) is 0 Å². The number of carbonyl (C=O) groups is 1. The molecular formula is C14H20O2S. The van der Waals surface area contributed by atoms with Gasteiger partial charge in [-0.05, 0) is 36.3 Å². The van der Waals surface area contributed by atoms with Crippen LogP contribution in [0.15, 0.2) is 18.2 Å². The Labute approximate surface area is 108 Å². The molecule has 0 atom stereocenters. The lowest BCUT2D eigenvalue weighted by molar-refractivity contribution is 0.112. The highest BCUT2D eigenvalue weighted by Gasteiger charge is 2.04. The van der Waals surface area contributed by atoms with Gasteiger partial charge in [0.1, 0.15) is 12.0 Å². The van der Waals surface area contributed by atoms with E-state index in [2.05, 4.69) is 13.8 Å². The first-order valence-electron chi connectivity index (χ1n) is 5.87. The van der Waals surface area contributed by atoms with Crippen molar-refractivity contribution in [2.24, 2.45) is 5.92 Å². The fourth-order valence-corrected chi connectivity index (χ4v) is 2.71. The van der Waals surface area contributed by atoms with Crippen LogP contribution in [-0.4, -0.2) is 19.1 Å². The standard InChI is InChI=1S/C14H20O2S/c1-11(2)6-7-17-10-13-8-12(9-15)4-5-14(13)16-3/h4-5,8-9,11H,6-7,10H2,1-3H3. The molecule has 0 aromatic heterocycles. The Balaban J connectivity index is 2.58. The van der Waals surface area contributed by atoms with Gasteiger partial charge >= 0.3 is 0 Å². The highest BCUT2D eigenvalue weighted by molar-refractivity contribution is 7.98. The summed E-state index contributed by atoms with van der Waals surface area (Å²) in [5, 5.41) is 0. The Bertz CT molecular complexity index is 361. The number of thioether (sulfide) groups is 1. The molecule has 0 aliphatic carbocycles. The van der Waals surface area contributed by atoms with Crippen molar-refractivity contribution in [1.29, 1.82) is 0 Å². The van der Waals surface area contributed by atoms with Crippen LogP contribution in [0, 0.1) is 5.92 Å². The molecule has 17 heavy (non-hydrogen) atoms. The van der Waals surface area contributed by atoms with Crippen molar-refractivity contribution in [3.05, 3.63) is 29.3 Å². The summed E-state index contributed by atoms with van der Waals surface area (Å²) in [4.78, 5) is 10.7. The maximum absolute atomic E-state index is 10.7. The minimum Gasteiger partial charge on any atom is -0.496 e. The zero-order chi connectivity index (χ0) is 12.7. The van der Waals surface area contributed by atoms with Gasteiger partial charge in [-0.25, -0.2) is 0 Å². The first-order valence-corrected chi connectivity index (χ1v) is 7.02. The fourth-order valence-electron chi connectivity index (χ4n) is 1.49. The molecule has 0 heterocycles. The number of hydrogen-bond acceptors (Lipinski definition) is 3. The van der Waals surface area contributed by atoms with E-state index in [0.717, 1.165) is 35.0 Å². The van der Waals surface area contributed by atoms with Crippen molar-refractivity contribution in [2.75, 3.05) is 12.9 Å². The summed E-state index contributed by atoms with van der Waals surface area (Å²) in [5.74, 6) is 3.65. The van der Waals surface area contributed by atoms with Gasteiger partial charge in [0.05, 0.1) is 7.11 Å². The molecule has 0 bridgehead atoms. The third-order valence-electron chi connectivity index (χ3n) is 2.54. The number of aldehydes is 1. The number of benzene rings is 1. The lowest BCUT2D eigenvalue weighted by Gasteiger charge is -2.09. The summed E-state index contributed by atoms with van der Waals surface area (Å²) < 4.78 is 5.29. The lowest BCUT2D eigenvalue weighted by Crippen LogP contribution is -1.94. The van der Waals surface area contributed by atoms with Crippen LogP contribution in [0.3, 0.4) is 0 Å². The normalized spacial score (nSPS) is 10.6. The summed E-state index contributed by atoms with van der Waals surface area (Å²) in [6.45, 7) is 4.46. The molecule has 0 N–H and O–H groups in total. The van der Waals surface area contributed by atoms with Crippen molar-refractivity contribution in [2.45, 2.75) is 26.0 Å². The van der Waals surface area contributed by atoms with Crippen molar-refractivity contribution in [3.8, 4) is 5.75 Å². The van der Waals surface area contributed by atoms with Crippen LogP contribution in [0.5, 0.6) is 5.75 Å². The second-order valence-corrected chi connectivity index (χ2v) is 5.53. The minimum absolute atomic E-state index is 0.713. The van der Waals surface area contributed by atoms with Crippen molar-refractivity contribution in [1.82, 2.24) is 0 Å². The molecule has 0 fully saturated rings. The molecule has 3 heteroatoms. The van der Waals surface area contributed by atoms with E-state index < -0.39 is 0 Å². The van der Waals surface area contributed by atoms with Crippen molar-refractivity contribution < 1.29 is 9.53 Å². The maximum Gasteiger partial charge on any atom is 0.150 e. The van der Waals surface area contributed by atoms with Gasteiger partial charge < -0.3 is 4.74 Å². The SMILES string of the molecule is COc1ccc(C=O)cc1CSCCC(C)C. The summed E-state index contributed by atoms with van der Waals surface area (Å²) in [6.07, 6.45) is 2.10. The van der Waals surface area contributed by atoms with E-state index in [1.54, 1.807) is 13.2 Å². The van der Waals surface area contributed by atoms with Crippen molar-refractivity contribution >= 4 is 18.0 Å². The minimum atomic E-state index is 0.713. The molecule has 2 nitrogen and oxygen atoms in total. The van der Waals surface area contributed by atoms with E-state index in [1.807, 2.05) is 23.9 Å². The number of methoxy groups -OCH3 is 1. The van der Waals surface area contributed by atoms with Gasteiger partial charge in [0.2, 0.25) is 0 Å². The van der Waals surface area contributed by atoms with E-state index in [9.17, 15) is 4.79 Å². The number of rotatable bonds is 7. The van der Waals surface area contributed by atoms with Crippen LogP contribution in [0.1, 0.15) is 36.2 Å². The van der Waals surface area contributed by atoms with Gasteiger partial charge in [0, 0.05) is 16.9 Å². The third-order valence-corrected chi connectivity index (χ3v) is 3.58. The molecule has 1 aromatic carbocycles. The lowest BCUT2D eigenvalue weighted by atomic mass is 10.1. The summed E-state index contributed by atoms with van der Waals surface area (Å²) in [5.41, 5.74) is 1.82. The molecule has 0 aliphatic heterocycles. The van der Waals surface area contributed by atoms with Crippen LogP contribution < -0.4 is 4.74 Å². The molecule has 1 rings (SSSR count). The Morgan fingerprint density at radius 3 is 2.76 bits per heavy atom. The van der Waals surface area contributed by atoms with Crippen LogP contribution in [-0.2, 0) is 5.75 Å². The quantitative estimate of drug-likeness (QED) is 0.545. The van der Waals surface area contributed by atoms with Crippen LogP contribution >= 0.6 is 11.8 Å². The molecule has 0 amide bonds. The van der Waals surface area contributed by atoms with Gasteiger partial charge in [-0.3, -0.25) is 4.79 Å². The van der Waals surface area contributed by atoms with Gasteiger partial charge in [-0.1, -0.05) is 13.8 Å². The highest BCUT2D eigenvalue weighted by Crippen LogP contribution is 2.24. The topological polar surface area (TPSA) is 26.3 Å². The average molecular weight is 252 g/mol. The highest BCUT2D eigenvalue weighted by atomic mass is 32.2. The Hall–Kier alpha value is -0.960. The first kappa shape index (κ1) is 14.1. The molecule has 0 unspecified atom stereocenters. The maximum atomic E-state index is 10.7. The van der Waals surface area contributed by atoms with E-state index in [-0.39, 0.29) is 0 Å². The Morgan fingerprint density at radius 2 is 2.18 bits per heavy atom. The Kier molecular flexibility index (Phi) is 6.12. The predicted molar refractivity (Wildman–Crippen MR) is 74.0 cm³/mol. The number of hydrogen-bond donors (Lipinski definition) is 0. The van der Waals surface area contributed by atoms with Crippen LogP contribution in [0.4, 0.5) is 0 Å². The zero-order valence-corrected chi connectivity index (χ0v) is 11.5. The smallest absolute Gasteiger partial charge is 0.150 e. The fraction of sp³-hybridized carbons (Fsp3) is 0.500. The predicted octanol–water partition coefficient (Wildman–Crippen LogP) is 3.79. The Morgan fingerprint density at radius 1 is 1.41 bits per heavy atom. The number of carbonyl (C=O) groups excluding carboxylic acids is 1. The zero-order valence-electron chi connectivity index (χ0n) is 10.7. The molecule has 0 saturated heterocycles. The van der Waals surface area contributed by atoms with E-state index in [1.165, 1.54) is 6.42 Å². The van der Waals surface area contributed by atoms with Crippen molar-refractivity contribution in [3.63, 3.8) is 0 Å². The van der Waals surface area contributed by atoms with Gasteiger partial charge in [-0.2, -0.15) is 11.8 Å². The molecule has 94 valence electrons. The monoisotopic (exact) mass is 252 g/mol. The van der Waals surface area contributed by atoms with Gasteiger partial charge in [-0.15, -0.1) is 0 Å². The molecular weight excluding hydrogens is 232 g/mol. The first-order chi connectivity index (χ1) is 8.17. The second-order valence-electron chi connectivity index (χ2n) is 4.42. The number of ether oxygens (including phenoxy) is 1. The van der Waals surface area contributed by atoms with E-state index in [0.29, 0.717) is 5.56 Å². The van der Waals surface area contributed by atoms with Crippen LogP contribution in [0.25, 0.3) is 0 Å². The largest absolute Gasteiger partial charge is 0.496 e. The molecule has 1 aromatic rings. The van der Waals surface area contributed by atoms with Crippen LogP contribution in [0.2, 0.25) is 0 Å². The molecule has 0 aliphatic rings. The van der Waals surface area contributed by atoms with E-state index >= 15 is 0 Å². The molecule has 0 saturated carbocycles. The summed E-state index contributed by atoms with van der Waals surface area (Å²) in [7, 11) is 1.66. The second kappa shape index (κ2) is 7.38. The average Bonchev–Trinajstić information content (AvgIpc) is 2.34. The van der Waals surface area contributed by atoms with Gasteiger partial charge in [0.15, 0.2) is 0 Å². The van der Waals surface area contributed by atoms with E-state index in [4.69, 9.17) is 4.74 Å². The summed E-state index contributed by atoms with van der Waals surface area (Å²) in [6, 6.07) is 5.56. The molecule has 0 radical (unpaired) electrons.